The second kappa shape index (κ2) is 14.4. The summed E-state index contributed by atoms with van der Waals surface area (Å²) in [7, 11) is 2.11. The molecular formula is C33H40N2O6. The smallest absolute Gasteiger partial charge is 0.303 e. The normalized spacial score (nSPS) is 20.3. The highest BCUT2D eigenvalue weighted by Crippen LogP contribution is 2.38. The van der Waals surface area contributed by atoms with Crippen molar-refractivity contribution >= 4 is 11.9 Å². The van der Waals surface area contributed by atoms with Crippen LogP contribution in [0.25, 0.3) is 0 Å². The number of esters is 1. The maximum Gasteiger partial charge on any atom is 0.303 e. The Morgan fingerprint density at radius 2 is 1.59 bits per heavy atom. The van der Waals surface area contributed by atoms with Gasteiger partial charge in [0.25, 0.3) is 5.91 Å². The molecule has 8 heteroatoms. The molecule has 3 aromatic rings. The Morgan fingerprint density at radius 3 is 2.22 bits per heavy atom. The van der Waals surface area contributed by atoms with Crippen LogP contribution in [0.2, 0.25) is 0 Å². The number of hydrogen-bond acceptors (Lipinski definition) is 7. The van der Waals surface area contributed by atoms with Crippen LogP contribution < -0.4 is 5.32 Å². The Balaban J connectivity index is 1.46. The number of rotatable bonds is 11. The summed E-state index contributed by atoms with van der Waals surface area (Å²) in [5, 5.41) is 12.3. The van der Waals surface area contributed by atoms with Gasteiger partial charge in [0.15, 0.2) is 12.4 Å². The minimum atomic E-state index is -0.848. The number of hydrogen-bond donors (Lipinski definition) is 2. The molecule has 4 rings (SSSR count). The molecule has 0 unspecified atom stereocenters. The number of nitrogens with one attached hydrogen (secondary N) is 1. The van der Waals surface area contributed by atoms with Gasteiger partial charge in [-0.05, 0) is 43.1 Å². The molecule has 1 heterocycles. The Labute approximate surface area is 242 Å². The van der Waals surface area contributed by atoms with E-state index in [1.807, 2.05) is 54.6 Å². The average molecular weight is 561 g/mol. The lowest BCUT2D eigenvalue weighted by molar-refractivity contribution is -0.253. The third-order valence-corrected chi connectivity index (χ3v) is 7.48. The number of benzene rings is 3. The molecule has 1 aliphatic rings. The summed E-state index contributed by atoms with van der Waals surface area (Å²) in [4.78, 5) is 25.6. The first-order valence-corrected chi connectivity index (χ1v) is 14.0. The van der Waals surface area contributed by atoms with Crippen molar-refractivity contribution in [3.8, 4) is 0 Å². The fourth-order valence-corrected chi connectivity index (χ4v) is 4.93. The van der Waals surface area contributed by atoms with Crippen LogP contribution in [-0.2, 0) is 37.0 Å². The lowest BCUT2D eigenvalue weighted by Gasteiger charge is -2.39. The van der Waals surface area contributed by atoms with Crippen molar-refractivity contribution in [2.24, 2.45) is 0 Å². The van der Waals surface area contributed by atoms with Crippen molar-refractivity contribution in [1.82, 2.24) is 10.2 Å². The van der Waals surface area contributed by atoms with E-state index >= 15 is 0 Å². The summed E-state index contributed by atoms with van der Waals surface area (Å²) in [6.45, 7) is 6.05. The zero-order chi connectivity index (χ0) is 29.4. The third kappa shape index (κ3) is 8.47. The first kappa shape index (κ1) is 30.4. The minimum Gasteiger partial charge on any atom is -0.453 e. The second-order valence-electron chi connectivity index (χ2n) is 10.6. The second-order valence-corrected chi connectivity index (χ2v) is 10.6. The van der Waals surface area contributed by atoms with Crippen molar-refractivity contribution in [3.63, 3.8) is 0 Å². The topological polar surface area (TPSA) is 97.3 Å². The summed E-state index contributed by atoms with van der Waals surface area (Å²) in [5.41, 5.74) is 4.93. The zero-order valence-electron chi connectivity index (χ0n) is 24.2. The zero-order valence-corrected chi connectivity index (χ0v) is 24.2. The lowest BCUT2D eigenvalue weighted by Crippen LogP contribution is -2.38. The van der Waals surface area contributed by atoms with Gasteiger partial charge >= 0.3 is 5.97 Å². The van der Waals surface area contributed by atoms with Crippen molar-refractivity contribution in [2.45, 2.75) is 71.0 Å². The molecule has 5 atom stereocenters. The van der Waals surface area contributed by atoms with E-state index < -0.39 is 18.4 Å². The van der Waals surface area contributed by atoms with Gasteiger partial charge in [-0.15, -0.1) is 0 Å². The number of ether oxygens (including phenoxy) is 3. The Hall–Kier alpha value is -3.56. The van der Waals surface area contributed by atoms with Gasteiger partial charge in [-0.3, -0.25) is 14.5 Å². The highest BCUT2D eigenvalue weighted by molar-refractivity contribution is 5.82. The van der Waals surface area contributed by atoms with Crippen molar-refractivity contribution in [2.75, 3.05) is 13.6 Å². The van der Waals surface area contributed by atoms with Gasteiger partial charge in [0.2, 0.25) is 0 Å². The van der Waals surface area contributed by atoms with Gasteiger partial charge in [0, 0.05) is 38.0 Å². The molecule has 1 amide bonds. The molecule has 41 heavy (non-hydrogen) atoms. The molecule has 0 radical (unpaired) electrons. The molecule has 0 saturated carbocycles. The molecule has 218 valence electrons. The van der Waals surface area contributed by atoms with Crippen LogP contribution in [0, 0.1) is 0 Å². The molecule has 0 spiro atoms. The predicted molar refractivity (Wildman–Crippen MR) is 155 cm³/mol. The molecule has 0 bridgehead atoms. The number of aliphatic hydroxyl groups excluding tert-OH is 1. The molecule has 2 N–H and O–H groups in total. The van der Waals surface area contributed by atoms with Crippen LogP contribution in [0.5, 0.6) is 0 Å². The minimum absolute atomic E-state index is 0.00218. The number of carbonyl (C=O) groups is 2. The number of aliphatic hydroxyl groups is 1. The van der Waals surface area contributed by atoms with Gasteiger partial charge in [-0.25, -0.2) is 0 Å². The largest absolute Gasteiger partial charge is 0.453 e. The molecule has 1 aliphatic heterocycles. The Kier molecular flexibility index (Phi) is 10.7. The Bertz CT molecular complexity index is 1270. The van der Waals surface area contributed by atoms with E-state index in [4.69, 9.17) is 14.2 Å². The molecule has 1 saturated heterocycles. The van der Waals surface area contributed by atoms with E-state index in [2.05, 4.69) is 48.5 Å². The number of amides is 1. The monoisotopic (exact) mass is 560 g/mol. The van der Waals surface area contributed by atoms with Crippen molar-refractivity contribution in [3.05, 3.63) is 107 Å². The highest BCUT2D eigenvalue weighted by atomic mass is 16.7. The van der Waals surface area contributed by atoms with Crippen molar-refractivity contribution < 1.29 is 28.9 Å². The lowest BCUT2D eigenvalue weighted by atomic mass is 9.99. The number of carbonyl (C=O) groups excluding carboxylic acids is 2. The van der Waals surface area contributed by atoms with Crippen LogP contribution in [0.1, 0.15) is 73.4 Å². The quantitative estimate of drug-likeness (QED) is 0.319. The molecule has 3 aromatic carbocycles. The molecular weight excluding hydrogens is 520 g/mol. The average Bonchev–Trinajstić information content (AvgIpc) is 2.99. The van der Waals surface area contributed by atoms with Gasteiger partial charge in [-0.2, -0.15) is 0 Å². The van der Waals surface area contributed by atoms with Crippen LogP contribution in [0.3, 0.4) is 0 Å². The molecule has 1 fully saturated rings. The van der Waals surface area contributed by atoms with E-state index in [1.165, 1.54) is 12.5 Å². The summed E-state index contributed by atoms with van der Waals surface area (Å²) in [6.07, 6.45) is -0.961. The van der Waals surface area contributed by atoms with Gasteiger partial charge in [0.05, 0.1) is 18.8 Å². The summed E-state index contributed by atoms with van der Waals surface area (Å²) >= 11 is 0. The van der Waals surface area contributed by atoms with E-state index in [1.54, 1.807) is 6.92 Å². The van der Waals surface area contributed by atoms with E-state index in [0.29, 0.717) is 13.0 Å². The predicted octanol–water partition coefficient (Wildman–Crippen LogP) is 4.99. The first-order valence-electron chi connectivity index (χ1n) is 14.0. The fraction of sp³-hybridized carbons (Fsp3) is 0.394. The number of likely N-dealkylation sites (N-methyl/N-ethyl adjacent to an activating group) is 1. The summed E-state index contributed by atoms with van der Waals surface area (Å²) < 4.78 is 17.9. The molecule has 0 aliphatic carbocycles. The maximum atomic E-state index is 12.2. The standard InChI is InChI=1S/C33H40N2O6/c1-22(27-8-6-5-7-9-27)35(4)20-30-18-31(28-14-12-26(21-36)13-15-28)41-33(40-30)29-16-10-25(11-17-29)19-34-32(38)23(2)39-24(3)37/h5-17,22-23,30-31,33,36H,18-21H2,1-4H3,(H,34,38)/t22-,23-,30+,31-,33-/m0/s1. The van der Waals surface area contributed by atoms with E-state index in [9.17, 15) is 14.7 Å². The third-order valence-electron chi connectivity index (χ3n) is 7.48. The van der Waals surface area contributed by atoms with Crippen LogP contribution in [0.15, 0.2) is 78.9 Å². The van der Waals surface area contributed by atoms with Crippen LogP contribution >= 0.6 is 0 Å². The van der Waals surface area contributed by atoms with Crippen molar-refractivity contribution in [1.29, 1.82) is 0 Å². The van der Waals surface area contributed by atoms with E-state index in [0.717, 1.165) is 28.8 Å². The Morgan fingerprint density at radius 1 is 0.951 bits per heavy atom. The van der Waals surface area contributed by atoms with Crippen LogP contribution in [-0.4, -0.2) is 47.7 Å². The molecule has 0 aromatic heterocycles. The number of nitrogens with zero attached hydrogens (tertiary/aromatic N) is 1. The fourth-order valence-electron chi connectivity index (χ4n) is 4.93. The van der Waals surface area contributed by atoms with Gasteiger partial charge < -0.3 is 24.6 Å². The first-order chi connectivity index (χ1) is 19.7. The van der Waals surface area contributed by atoms with Gasteiger partial charge in [-0.1, -0.05) is 78.9 Å². The van der Waals surface area contributed by atoms with E-state index in [-0.39, 0.29) is 30.8 Å². The summed E-state index contributed by atoms with van der Waals surface area (Å²) in [5.74, 6) is -0.846. The highest BCUT2D eigenvalue weighted by Gasteiger charge is 2.33. The van der Waals surface area contributed by atoms with Crippen LogP contribution in [0.4, 0.5) is 0 Å². The maximum absolute atomic E-state index is 12.2. The van der Waals surface area contributed by atoms with Gasteiger partial charge in [0.1, 0.15) is 0 Å². The molecule has 8 nitrogen and oxygen atoms in total. The SMILES string of the molecule is CC(=O)O[C@@H](C)C(=O)NCc1ccc([C@H]2O[C@@H](CN(C)[C@@H](C)c3ccccc3)C[C@@H](c3ccc(CO)cc3)O2)cc1. The summed E-state index contributed by atoms with van der Waals surface area (Å²) in [6, 6.07) is 26.3.